The number of carbonyl (C=O) groups is 1. The topological polar surface area (TPSA) is 37.3 Å². The summed E-state index contributed by atoms with van der Waals surface area (Å²) in [6.45, 7) is 20.7. The van der Waals surface area contributed by atoms with Crippen molar-refractivity contribution in [2.75, 3.05) is 0 Å². The standard InChI is InChI=1S/C26H36O2Si/c1-25(2,3)21-15-20(16-22(17-21)26(4,5)6)23(29(7,8)9)14-18-10-12-19(13-11-18)24(27)28/h10-17H,1-9H3,(H,27,28). The first-order valence-corrected chi connectivity index (χ1v) is 13.8. The predicted octanol–water partition coefficient (Wildman–Crippen LogP) is 7.40. The molecule has 0 aliphatic rings. The normalized spacial score (nSPS) is 13.5. The lowest BCUT2D eigenvalue weighted by Crippen LogP contribution is -2.24. The minimum Gasteiger partial charge on any atom is -0.478 e. The van der Waals surface area contributed by atoms with Gasteiger partial charge in [0.1, 0.15) is 0 Å². The van der Waals surface area contributed by atoms with Gasteiger partial charge < -0.3 is 5.11 Å². The second-order valence-corrected chi connectivity index (χ2v) is 16.1. The summed E-state index contributed by atoms with van der Waals surface area (Å²) in [5.74, 6) is -0.890. The van der Waals surface area contributed by atoms with Gasteiger partial charge in [-0.05, 0) is 45.2 Å². The van der Waals surface area contributed by atoms with Crippen LogP contribution in [0.2, 0.25) is 19.6 Å². The average Bonchev–Trinajstić information content (AvgIpc) is 2.57. The second-order valence-electron chi connectivity index (χ2n) is 11.0. The van der Waals surface area contributed by atoms with Crippen LogP contribution in [0, 0.1) is 0 Å². The van der Waals surface area contributed by atoms with Gasteiger partial charge in [-0.1, -0.05) is 103 Å². The summed E-state index contributed by atoms with van der Waals surface area (Å²) in [5.41, 5.74) is 5.51. The van der Waals surface area contributed by atoms with Crippen LogP contribution < -0.4 is 0 Å². The van der Waals surface area contributed by atoms with E-state index in [1.54, 1.807) is 12.1 Å². The highest BCUT2D eigenvalue weighted by atomic mass is 28.3. The molecular weight excluding hydrogens is 372 g/mol. The number of carboxylic acids is 1. The van der Waals surface area contributed by atoms with Crippen molar-refractivity contribution in [3.63, 3.8) is 0 Å². The van der Waals surface area contributed by atoms with Crippen molar-refractivity contribution in [3.8, 4) is 0 Å². The van der Waals surface area contributed by atoms with Crippen LogP contribution in [-0.4, -0.2) is 19.1 Å². The fraction of sp³-hybridized carbons (Fsp3) is 0.423. The van der Waals surface area contributed by atoms with Crippen LogP contribution in [0.5, 0.6) is 0 Å². The van der Waals surface area contributed by atoms with Crippen LogP contribution in [0.25, 0.3) is 11.3 Å². The Morgan fingerprint density at radius 3 is 1.59 bits per heavy atom. The summed E-state index contributed by atoms with van der Waals surface area (Å²) in [5, 5.41) is 10.6. The lowest BCUT2D eigenvalue weighted by atomic mass is 9.79. The highest BCUT2D eigenvalue weighted by molar-refractivity contribution is 6.94. The van der Waals surface area contributed by atoms with Crippen molar-refractivity contribution in [2.45, 2.75) is 72.0 Å². The van der Waals surface area contributed by atoms with Gasteiger partial charge in [-0.2, -0.15) is 0 Å². The van der Waals surface area contributed by atoms with Crippen LogP contribution in [0.1, 0.15) is 74.2 Å². The van der Waals surface area contributed by atoms with Gasteiger partial charge in [-0.3, -0.25) is 0 Å². The first-order valence-electron chi connectivity index (χ1n) is 10.3. The number of hydrogen-bond donors (Lipinski definition) is 1. The zero-order valence-electron chi connectivity index (χ0n) is 19.5. The summed E-state index contributed by atoms with van der Waals surface area (Å²) in [6.07, 6.45) is 2.26. The van der Waals surface area contributed by atoms with E-state index in [0.29, 0.717) is 5.56 Å². The van der Waals surface area contributed by atoms with E-state index < -0.39 is 14.0 Å². The number of carboxylic acid groups (broad SMARTS) is 1. The summed E-state index contributed by atoms with van der Waals surface area (Å²) >= 11 is 0. The summed E-state index contributed by atoms with van der Waals surface area (Å²) in [4.78, 5) is 11.2. The van der Waals surface area contributed by atoms with Crippen LogP contribution in [-0.2, 0) is 10.8 Å². The Hall–Kier alpha value is -2.13. The van der Waals surface area contributed by atoms with Gasteiger partial charge in [0, 0.05) is 0 Å². The molecule has 0 fully saturated rings. The minimum atomic E-state index is -1.66. The van der Waals surface area contributed by atoms with Crippen LogP contribution >= 0.6 is 0 Å². The van der Waals surface area contributed by atoms with Crippen molar-refractivity contribution < 1.29 is 9.90 Å². The molecule has 2 aromatic rings. The Labute approximate surface area is 177 Å². The molecule has 0 aliphatic carbocycles. The largest absolute Gasteiger partial charge is 0.478 e. The van der Waals surface area contributed by atoms with Gasteiger partial charge in [-0.15, -0.1) is 0 Å². The maximum atomic E-state index is 11.2. The molecule has 0 radical (unpaired) electrons. The minimum absolute atomic E-state index is 0.0731. The fourth-order valence-corrected chi connectivity index (χ4v) is 4.88. The number of aromatic carboxylic acids is 1. The third-order valence-corrected chi connectivity index (χ3v) is 7.30. The summed E-state index contributed by atoms with van der Waals surface area (Å²) in [6, 6.07) is 14.2. The molecule has 156 valence electrons. The van der Waals surface area contributed by atoms with Crippen LogP contribution in [0.4, 0.5) is 0 Å². The third-order valence-electron chi connectivity index (χ3n) is 5.25. The van der Waals surface area contributed by atoms with E-state index in [2.05, 4.69) is 85.5 Å². The quantitative estimate of drug-likeness (QED) is 0.423. The number of benzene rings is 2. The Bertz CT molecular complexity index is 883. The molecule has 0 saturated carbocycles. The first kappa shape index (κ1) is 23.1. The Morgan fingerprint density at radius 2 is 1.24 bits per heavy atom. The summed E-state index contributed by atoms with van der Waals surface area (Å²) < 4.78 is 0. The lowest BCUT2D eigenvalue weighted by molar-refractivity contribution is 0.0697. The average molecular weight is 409 g/mol. The van der Waals surface area contributed by atoms with E-state index in [4.69, 9.17) is 5.11 Å². The van der Waals surface area contributed by atoms with E-state index >= 15 is 0 Å². The molecular formula is C26H36O2Si. The highest BCUT2D eigenvalue weighted by Crippen LogP contribution is 2.36. The molecule has 0 amide bonds. The first-order chi connectivity index (χ1) is 13.1. The van der Waals surface area contributed by atoms with Crippen molar-refractivity contribution in [1.29, 1.82) is 0 Å². The summed E-state index contributed by atoms with van der Waals surface area (Å²) in [7, 11) is -1.66. The van der Waals surface area contributed by atoms with Gasteiger partial charge >= 0.3 is 5.97 Å². The molecule has 0 bridgehead atoms. The van der Waals surface area contributed by atoms with Gasteiger partial charge in [0.25, 0.3) is 0 Å². The molecule has 0 atom stereocenters. The van der Waals surface area contributed by atoms with Gasteiger partial charge in [-0.25, -0.2) is 4.79 Å². The molecule has 0 unspecified atom stereocenters. The van der Waals surface area contributed by atoms with Crippen LogP contribution in [0.3, 0.4) is 0 Å². The molecule has 2 nitrogen and oxygen atoms in total. The van der Waals surface area contributed by atoms with Crippen molar-refractivity contribution in [2.24, 2.45) is 0 Å². The monoisotopic (exact) mass is 408 g/mol. The van der Waals surface area contributed by atoms with Gasteiger partial charge in [0.2, 0.25) is 0 Å². The van der Waals surface area contributed by atoms with Gasteiger partial charge in [0.05, 0.1) is 13.6 Å². The van der Waals surface area contributed by atoms with E-state index in [-0.39, 0.29) is 10.8 Å². The molecule has 0 aliphatic heterocycles. The molecule has 2 aromatic carbocycles. The molecule has 0 saturated heterocycles. The third kappa shape index (κ3) is 5.93. The Morgan fingerprint density at radius 1 is 0.793 bits per heavy atom. The number of hydrogen-bond acceptors (Lipinski definition) is 1. The molecule has 0 spiro atoms. The second kappa shape index (κ2) is 7.95. The highest BCUT2D eigenvalue weighted by Gasteiger charge is 2.26. The maximum Gasteiger partial charge on any atom is 0.335 e. The molecule has 1 N–H and O–H groups in total. The molecule has 0 heterocycles. The van der Waals surface area contributed by atoms with Crippen LogP contribution in [0.15, 0.2) is 42.5 Å². The maximum absolute atomic E-state index is 11.2. The smallest absolute Gasteiger partial charge is 0.335 e. The zero-order valence-corrected chi connectivity index (χ0v) is 20.5. The molecule has 0 aromatic heterocycles. The predicted molar refractivity (Wildman–Crippen MR) is 128 cm³/mol. The number of rotatable bonds is 4. The molecule has 2 rings (SSSR count). The van der Waals surface area contributed by atoms with Crippen molar-refractivity contribution in [3.05, 3.63) is 70.3 Å². The fourth-order valence-electron chi connectivity index (χ4n) is 3.27. The lowest BCUT2D eigenvalue weighted by Gasteiger charge is -2.29. The Kier molecular flexibility index (Phi) is 6.34. The van der Waals surface area contributed by atoms with Crippen molar-refractivity contribution in [1.82, 2.24) is 0 Å². The van der Waals surface area contributed by atoms with E-state index in [1.165, 1.54) is 21.9 Å². The molecule has 3 heteroatoms. The van der Waals surface area contributed by atoms with Gasteiger partial charge in [0.15, 0.2) is 0 Å². The van der Waals surface area contributed by atoms with E-state index in [0.717, 1.165) is 5.56 Å². The Balaban J connectivity index is 2.71. The molecule has 29 heavy (non-hydrogen) atoms. The van der Waals surface area contributed by atoms with Crippen molar-refractivity contribution >= 4 is 25.3 Å². The zero-order chi connectivity index (χ0) is 22.2. The SMILES string of the molecule is CC(C)(C)c1cc(C(=Cc2ccc(C(=O)O)cc2)[Si](C)(C)C)cc(C(C)(C)C)c1. The van der Waals surface area contributed by atoms with E-state index in [9.17, 15) is 4.79 Å². The van der Waals surface area contributed by atoms with E-state index in [1.807, 2.05) is 12.1 Å².